The molecule has 1 rings (SSSR count). The Morgan fingerprint density at radius 1 is 1.37 bits per heavy atom. The van der Waals surface area contributed by atoms with Crippen LogP contribution in [0.25, 0.3) is 0 Å². The van der Waals surface area contributed by atoms with Crippen LogP contribution in [0.4, 0.5) is 0 Å². The molecule has 1 aromatic carbocycles. The lowest BCUT2D eigenvalue weighted by atomic mass is 10.1. The first-order valence-electron chi connectivity index (χ1n) is 6.14. The first-order valence-corrected chi connectivity index (χ1v) is 6.93. The predicted octanol–water partition coefficient (Wildman–Crippen LogP) is 2.41. The normalized spacial score (nSPS) is 13.1. The molecule has 0 spiro atoms. The summed E-state index contributed by atoms with van der Waals surface area (Å²) < 4.78 is 6.11. The molecule has 106 valence electrons. The lowest BCUT2D eigenvalue weighted by Gasteiger charge is -2.20. The molecule has 0 saturated carbocycles. The maximum absolute atomic E-state index is 11.4. The first-order chi connectivity index (χ1) is 8.78. The number of benzene rings is 1. The Kier molecular flexibility index (Phi) is 5.97. The van der Waals surface area contributed by atoms with Gasteiger partial charge in [-0.15, -0.1) is 0 Å². The number of hydrogen-bond donors (Lipinski definition) is 2. The van der Waals surface area contributed by atoms with E-state index < -0.39 is 11.7 Å². The van der Waals surface area contributed by atoms with Gasteiger partial charge in [0.05, 0.1) is 12.6 Å². The number of nitrogens with one attached hydrogen (secondary N) is 1. The van der Waals surface area contributed by atoms with Crippen molar-refractivity contribution in [2.75, 3.05) is 13.1 Å². The van der Waals surface area contributed by atoms with Gasteiger partial charge in [-0.3, -0.25) is 4.79 Å². The van der Waals surface area contributed by atoms with Gasteiger partial charge in [0, 0.05) is 11.0 Å². The van der Waals surface area contributed by atoms with Crippen molar-refractivity contribution in [1.82, 2.24) is 5.32 Å². The number of rotatable bonds is 5. The molecule has 4 nitrogen and oxygen atoms in total. The average Bonchev–Trinajstić information content (AvgIpc) is 2.27. The number of halogens is 1. The Hall–Kier alpha value is -0.910. The molecule has 1 atom stereocenters. The van der Waals surface area contributed by atoms with E-state index in [-0.39, 0.29) is 12.5 Å². The molecule has 5 heteroatoms. The van der Waals surface area contributed by atoms with E-state index >= 15 is 0 Å². The smallest absolute Gasteiger partial charge is 0.320 e. The van der Waals surface area contributed by atoms with E-state index in [1.807, 2.05) is 45.0 Å². The molecule has 0 unspecified atom stereocenters. The summed E-state index contributed by atoms with van der Waals surface area (Å²) >= 11 is 3.34. The van der Waals surface area contributed by atoms with Gasteiger partial charge in [-0.05, 0) is 38.5 Å². The SMILES string of the molecule is CC(C)(C)OC(=O)CNC[C@@H](O)c1ccc(Br)cc1. The zero-order valence-electron chi connectivity index (χ0n) is 11.4. The number of aliphatic hydroxyl groups is 1. The summed E-state index contributed by atoms with van der Waals surface area (Å²) in [4.78, 5) is 11.4. The standard InChI is InChI=1S/C14H20BrNO3/c1-14(2,3)19-13(18)9-16-8-12(17)10-4-6-11(15)7-5-10/h4-7,12,16-17H,8-9H2,1-3H3/t12-/m1/s1. The number of carbonyl (C=O) groups excluding carboxylic acids is 1. The predicted molar refractivity (Wildman–Crippen MR) is 77.8 cm³/mol. The van der Waals surface area contributed by atoms with Crippen molar-refractivity contribution >= 4 is 21.9 Å². The van der Waals surface area contributed by atoms with E-state index in [2.05, 4.69) is 21.2 Å². The third kappa shape index (κ3) is 6.71. The lowest BCUT2D eigenvalue weighted by Crippen LogP contribution is -2.33. The summed E-state index contributed by atoms with van der Waals surface area (Å²) in [7, 11) is 0. The molecule has 2 N–H and O–H groups in total. The van der Waals surface area contributed by atoms with Crippen LogP contribution in [0.3, 0.4) is 0 Å². The molecule has 0 fully saturated rings. The van der Waals surface area contributed by atoms with Crippen LogP contribution >= 0.6 is 15.9 Å². The molecule has 19 heavy (non-hydrogen) atoms. The minimum absolute atomic E-state index is 0.0882. The molecule has 0 heterocycles. The van der Waals surface area contributed by atoms with Crippen LogP contribution in [-0.2, 0) is 9.53 Å². The van der Waals surface area contributed by atoms with Crippen molar-refractivity contribution in [2.24, 2.45) is 0 Å². The molecule has 0 amide bonds. The highest BCUT2D eigenvalue weighted by Gasteiger charge is 2.16. The van der Waals surface area contributed by atoms with Gasteiger partial charge in [-0.1, -0.05) is 28.1 Å². The number of carbonyl (C=O) groups is 1. The Bertz CT molecular complexity index is 412. The van der Waals surface area contributed by atoms with Crippen LogP contribution < -0.4 is 5.32 Å². The average molecular weight is 330 g/mol. The number of ether oxygens (including phenoxy) is 1. The summed E-state index contributed by atoms with van der Waals surface area (Å²) in [5.41, 5.74) is 0.322. The molecule has 1 aromatic rings. The maximum Gasteiger partial charge on any atom is 0.320 e. The van der Waals surface area contributed by atoms with Gasteiger partial charge in [-0.25, -0.2) is 0 Å². The largest absolute Gasteiger partial charge is 0.459 e. The number of hydrogen-bond acceptors (Lipinski definition) is 4. The molecule has 0 aliphatic carbocycles. The van der Waals surface area contributed by atoms with Gasteiger partial charge in [0.2, 0.25) is 0 Å². The van der Waals surface area contributed by atoms with Crippen LogP contribution in [0.15, 0.2) is 28.7 Å². The summed E-state index contributed by atoms with van der Waals surface area (Å²) in [5, 5.41) is 12.8. The molecule has 0 aliphatic rings. The fourth-order valence-corrected chi connectivity index (χ4v) is 1.76. The first kappa shape index (κ1) is 16.1. The van der Waals surface area contributed by atoms with Crippen LogP contribution in [-0.4, -0.2) is 29.8 Å². The van der Waals surface area contributed by atoms with Crippen LogP contribution in [0.1, 0.15) is 32.4 Å². The summed E-state index contributed by atoms with van der Waals surface area (Å²) in [5.74, 6) is -0.324. The summed E-state index contributed by atoms with van der Waals surface area (Å²) in [6.45, 7) is 5.86. The van der Waals surface area contributed by atoms with Crippen molar-refractivity contribution < 1.29 is 14.6 Å². The van der Waals surface area contributed by atoms with E-state index in [9.17, 15) is 9.90 Å². The molecule has 0 aromatic heterocycles. The van der Waals surface area contributed by atoms with Gasteiger partial charge in [0.1, 0.15) is 5.60 Å². The molecule has 0 saturated heterocycles. The minimum Gasteiger partial charge on any atom is -0.459 e. The highest BCUT2D eigenvalue weighted by Crippen LogP contribution is 2.16. The van der Waals surface area contributed by atoms with Crippen LogP contribution in [0, 0.1) is 0 Å². The van der Waals surface area contributed by atoms with Crippen molar-refractivity contribution in [2.45, 2.75) is 32.5 Å². The van der Waals surface area contributed by atoms with Crippen molar-refractivity contribution in [3.05, 3.63) is 34.3 Å². The molecule has 0 radical (unpaired) electrons. The van der Waals surface area contributed by atoms with Crippen molar-refractivity contribution in [3.63, 3.8) is 0 Å². The quantitative estimate of drug-likeness (QED) is 0.814. The van der Waals surface area contributed by atoms with Crippen molar-refractivity contribution in [3.8, 4) is 0 Å². The van der Waals surface area contributed by atoms with Gasteiger partial charge in [0.15, 0.2) is 0 Å². The highest BCUT2D eigenvalue weighted by molar-refractivity contribution is 9.10. The Morgan fingerprint density at radius 3 is 2.47 bits per heavy atom. The topological polar surface area (TPSA) is 58.6 Å². The minimum atomic E-state index is -0.643. The van der Waals surface area contributed by atoms with E-state index in [0.717, 1.165) is 10.0 Å². The second-order valence-electron chi connectivity index (χ2n) is 5.28. The molecular formula is C14H20BrNO3. The van der Waals surface area contributed by atoms with Crippen LogP contribution in [0.5, 0.6) is 0 Å². The fourth-order valence-electron chi connectivity index (χ4n) is 1.49. The van der Waals surface area contributed by atoms with Crippen molar-refractivity contribution in [1.29, 1.82) is 0 Å². The molecule has 0 bridgehead atoms. The second kappa shape index (κ2) is 7.03. The van der Waals surface area contributed by atoms with Gasteiger partial charge in [-0.2, -0.15) is 0 Å². The number of aliphatic hydroxyl groups excluding tert-OH is 1. The second-order valence-corrected chi connectivity index (χ2v) is 6.20. The fraction of sp³-hybridized carbons (Fsp3) is 0.500. The highest BCUT2D eigenvalue weighted by atomic mass is 79.9. The zero-order valence-corrected chi connectivity index (χ0v) is 13.0. The zero-order chi connectivity index (χ0) is 14.5. The van der Waals surface area contributed by atoms with E-state index in [1.54, 1.807) is 0 Å². The summed E-state index contributed by atoms with van der Waals surface area (Å²) in [6.07, 6.45) is -0.643. The van der Waals surface area contributed by atoms with Gasteiger partial charge < -0.3 is 15.2 Å². The van der Waals surface area contributed by atoms with Gasteiger partial charge >= 0.3 is 5.97 Å². The van der Waals surface area contributed by atoms with E-state index in [1.165, 1.54) is 0 Å². The summed E-state index contributed by atoms with van der Waals surface area (Å²) in [6, 6.07) is 7.41. The Morgan fingerprint density at radius 2 is 1.95 bits per heavy atom. The molecular weight excluding hydrogens is 310 g/mol. The number of esters is 1. The monoisotopic (exact) mass is 329 g/mol. The van der Waals surface area contributed by atoms with Gasteiger partial charge in [0.25, 0.3) is 0 Å². The third-order valence-corrected chi connectivity index (χ3v) is 2.81. The Balaban J connectivity index is 2.33. The maximum atomic E-state index is 11.4. The molecule has 0 aliphatic heterocycles. The Labute approximate surface area is 122 Å². The van der Waals surface area contributed by atoms with E-state index in [4.69, 9.17) is 4.74 Å². The van der Waals surface area contributed by atoms with Crippen LogP contribution in [0.2, 0.25) is 0 Å². The lowest BCUT2D eigenvalue weighted by molar-refractivity contribution is -0.153. The van der Waals surface area contributed by atoms with E-state index in [0.29, 0.717) is 6.54 Å². The third-order valence-electron chi connectivity index (χ3n) is 2.28.